The third kappa shape index (κ3) is 6.49. The number of hydrogen-bond acceptors (Lipinski definition) is 4. The van der Waals surface area contributed by atoms with Crippen molar-refractivity contribution in [1.82, 2.24) is 14.7 Å². The molecule has 2 amide bonds. The fraction of sp³-hybridized carbons (Fsp3) is 0.310. The van der Waals surface area contributed by atoms with Gasteiger partial charge < -0.3 is 20.0 Å². The first-order valence-corrected chi connectivity index (χ1v) is 12.2. The van der Waals surface area contributed by atoms with E-state index in [1.807, 2.05) is 84.6 Å². The van der Waals surface area contributed by atoms with Gasteiger partial charge in [0.2, 0.25) is 5.91 Å². The number of likely N-dealkylation sites (N-methyl/N-ethyl adjacent to an activating group) is 1. The Labute approximate surface area is 208 Å². The van der Waals surface area contributed by atoms with Gasteiger partial charge in [-0.3, -0.25) is 9.59 Å². The van der Waals surface area contributed by atoms with Crippen molar-refractivity contribution in [2.45, 2.75) is 19.5 Å². The predicted octanol–water partition coefficient (Wildman–Crippen LogP) is 3.89. The van der Waals surface area contributed by atoms with Gasteiger partial charge in [0.25, 0.3) is 5.91 Å². The van der Waals surface area contributed by atoms with E-state index in [2.05, 4.69) is 28.4 Å². The van der Waals surface area contributed by atoms with Crippen molar-refractivity contribution < 1.29 is 9.59 Å². The summed E-state index contributed by atoms with van der Waals surface area (Å²) >= 11 is 0. The molecule has 3 aromatic rings. The minimum atomic E-state index is 0.0576. The van der Waals surface area contributed by atoms with Crippen LogP contribution in [0.1, 0.15) is 27.0 Å². The molecule has 1 aliphatic heterocycles. The van der Waals surface area contributed by atoms with Crippen LogP contribution in [0.15, 0.2) is 78.9 Å². The molecule has 3 aromatic carbocycles. The Balaban J connectivity index is 1.41. The van der Waals surface area contributed by atoms with Crippen molar-refractivity contribution in [1.29, 1.82) is 0 Å². The molecule has 0 unspecified atom stereocenters. The van der Waals surface area contributed by atoms with Crippen LogP contribution in [0.5, 0.6) is 0 Å². The van der Waals surface area contributed by atoms with Crippen LogP contribution in [-0.2, 0) is 24.3 Å². The lowest BCUT2D eigenvalue weighted by molar-refractivity contribution is -0.130. The smallest absolute Gasteiger partial charge is 0.254 e. The second kappa shape index (κ2) is 11.7. The number of amides is 2. The number of benzene rings is 3. The van der Waals surface area contributed by atoms with Crippen LogP contribution in [0.4, 0.5) is 5.69 Å². The van der Waals surface area contributed by atoms with Crippen LogP contribution in [-0.4, -0.2) is 66.8 Å². The summed E-state index contributed by atoms with van der Waals surface area (Å²) in [6, 6.07) is 25.6. The van der Waals surface area contributed by atoms with Gasteiger partial charge in [-0.2, -0.15) is 0 Å². The Kier molecular flexibility index (Phi) is 8.16. The molecule has 0 fully saturated rings. The van der Waals surface area contributed by atoms with E-state index < -0.39 is 0 Å². The molecule has 1 heterocycles. The van der Waals surface area contributed by atoms with Crippen LogP contribution in [0.2, 0.25) is 0 Å². The highest BCUT2D eigenvalue weighted by atomic mass is 16.2. The van der Waals surface area contributed by atoms with Gasteiger partial charge in [0, 0.05) is 44.0 Å². The van der Waals surface area contributed by atoms with Gasteiger partial charge in [0.1, 0.15) is 0 Å². The summed E-state index contributed by atoms with van der Waals surface area (Å²) in [5.41, 5.74) is 5.15. The van der Waals surface area contributed by atoms with Gasteiger partial charge in [-0.25, -0.2) is 0 Å². The lowest BCUT2D eigenvalue weighted by atomic mass is 9.97. The van der Waals surface area contributed by atoms with Crippen molar-refractivity contribution in [3.63, 3.8) is 0 Å². The summed E-state index contributed by atoms with van der Waals surface area (Å²) in [5.74, 6) is 0.132. The molecule has 182 valence electrons. The standard InChI is InChI=1S/C29H34N4O2/c1-31(2)18-19-32(21-23-10-5-3-6-11-23)28(34)20-30-27-15-9-14-25-22-33(17-16-26(25)27)29(35)24-12-7-4-8-13-24/h3-15,30H,16-22H2,1-2H3. The zero-order valence-corrected chi connectivity index (χ0v) is 20.6. The van der Waals surface area contributed by atoms with E-state index in [-0.39, 0.29) is 18.4 Å². The number of fused-ring (bicyclic) bond motifs is 1. The van der Waals surface area contributed by atoms with Crippen LogP contribution in [0.25, 0.3) is 0 Å². The molecule has 0 bridgehead atoms. The SMILES string of the molecule is CN(C)CCN(Cc1ccccc1)C(=O)CNc1cccc2c1CCN(C(=O)c1ccccc1)C2. The molecule has 6 nitrogen and oxygen atoms in total. The fourth-order valence-electron chi connectivity index (χ4n) is 4.41. The van der Waals surface area contributed by atoms with E-state index in [1.165, 1.54) is 5.56 Å². The number of hydrogen-bond donors (Lipinski definition) is 1. The maximum atomic E-state index is 13.2. The minimum absolute atomic E-state index is 0.0576. The summed E-state index contributed by atoms with van der Waals surface area (Å²) in [4.78, 5) is 32.0. The molecule has 0 atom stereocenters. The number of carbonyl (C=O) groups is 2. The monoisotopic (exact) mass is 470 g/mol. The summed E-state index contributed by atoms with van der Waals surface area (Å²) in [7, 11) is 4.04. The van der Waals surface area contributed by atoms with Crippen molar-refractivity contribution >= 4 is 17.5 Å². The highest BCUT2D eigenvalue weighted by Crippen LogP contribution is 2.27. The first kappa shape index (κ1) is 24.5. The first-order valence-electron chi connectivity index (χ1n) is 12.2. The van der Waals surface area contributed by atoms with E-state index in [0.29, 0.717) is 31.7 Å². The van der Waals surface area contributed by atoms with E-state index in [0.717, 1.165) is 29.8 Å². The summed E-state index contributed by atoms with van der Waals surface area (Å²) in [5, 5.41) is 3.39. The molecule has 0 aliphatic carbocycles. The predicted molar refractivity (Wildman–Crippen MR) is 140 cm³/mol. The Morgan fingerprint density at radius 2 is 1.60 bits per heavy atom. The lowest BCUT2D eigenvalue weighted by Crippen LogP contribution is -2.39. The molecular formula is C29H34N4O2. The number of rotatable bonds is 9. The molecule has 0 spiro atoms. The number of nitrogens with one attached hydrogen (secondary N) is 1. The quantitative estimate of drug-likeness (QED) is 0.516. The van der Waals surface area contributed by atoms with E-state index >= 15 is 0 Å². The highest BCUT2D eigenvalue weighted by molar-refractivity contribution is 5.94. The molecule has 1 aliphatic rings. The molecule has 0 radical (unpaired) electrons. The molecule has 6 heteroatoms. The summed E-state index contributed by atoms with van der Waals surface area (Å²) in [6.45, 7) is 3.56. The maximum Gasteiger partial charge on any atom is 0.254 e. The number of anilines is 1. The summed E-state index contributed by atoms with van der Waals surface area (Å²) in [6.07, 6.45) is 0.764. The van der Waals surface area contributed by atoms with Crippen molar-refractivity contribution in [3.8, 4) is 0 Å². The number of nitrogens with zero attached hydrogens (tertiary/aromatic N) is 3. The molecular weight excluding hydrogens is 436 g/mol. The fourth-order valence-corrected chi connectivity index (χ4v) is 4.41. The summed E-state index contributed by atoms with van der Waals surface area (Å²) < 4.78 is 0. The van der Waals surface area contributed by atoms with Gasteiger partial charge in [-0.05, 0) is 55.4 Å². The van der Waals surface area contributed by atoms with Crippen LogP contribution < -0.4 is 5.32 Å². The van der Waals surface area contributed by atoms with Gasteiger partial charge >= 0.3 is 0 Å². The third-order valence-electron chi connectivity index (χ3n) is 6.39. The molecule has 0 aromatic heterocycles. The second-order valence-corrected chi connectivity index (χ2v) is 9.24. The van der Waals surface area contributed by atoms with Gasteiger partial charge in [0.05, 0.1) is 6.54 Å². The average Bonchev–Trinajstić information content (AvgIpc) is 2.89. The second-order valence-electron chi connectivity index (χ2n) is 9.24. The van der Waals surface area contributed by atoms with Crippen molar-refractivity contribution in [3.05, 3.63) is 101 Å². The minimum Gasteiger partial charge on any atom is -0.376 e. The normalized spacial score (nSPS) is 12.8. The molecule has 0 saturated carbocycles. The van der Waals surface area contributed by atoms with Crippen LogP contribution in [0.3, 0.4) is 0 Å². The topological polar surface area (TPSA) is 55.9 Å². The van der Waals surface area contributed by atoms with E-state index in [9.17, 15) is 9.59 Å². The van der Waals surface area contributed by atoms with Crippen molar-refractivity contribution in [2.75, 3.05) is 45.6 Å². The Morgan fingerprint density at radius 1 is 0.886 bits per heavy atom. The van der Waals surface area contributed by atoms with E-state index in [1.54, 1.807) is 0 Å². The molecule has 1 N–H and O–H groups in total. The number of carbonyl (C=O) groups excluding carboxylic acids is 2. The molecule has 0 saturated heterocycles. The van der Waals surface area contributed by atoms with Gasteiger partial charge in [0.15, 0.2) is 0 Å². The van der Waals surface area contributed by atoms with Crippen molar-refractivity contribution in [2.24, 2.45) is 0 Å². The van der Waals surface area contributed by atoms with Gasteiger partial charge in [-0.1, -0.05) is 60.7 Å². The third-order valence-corrected chi connectivity index (χ3v) is 6.39. The largest absolute Gasteiger partial charge is 0.376 e. The lowest BCUT2D eigenvalue weighted by Gasteiger charge is -2.31. The Bertz CT molecular complexity index is 1130. The highest BCUT2D eigenvalue weighted by Gasteiger charge is 2.24. The molecule has 4 rings (SSSR count). The van der Waals surface area contributed by atoms with Gasteiger partial charge in [-0.15, -0.1) is 0 Å². The van der Waals surface area contributed by atoms with Crippen LogP contribution >= 0.6 is 0 Å². The maximum absolute atomic E-state index is 13.2. The Hall–Kier alpha value is -3.64. The molecule has 35 heavy (non-hydrogen) atoms. The zero-order valence-electron chi connectivity index (χ0n) is 20.6. The zero-order chi connectivity index (χ0) is 24.6. The van der Waals surface area contributed by atoms with E-state index in [4.69, 9.17) is 0 Å². The first-order chi connectivity index (χ1) is 17.0. The Morgan fingerprint density at radius 3 is 2.31 bits per heavy atom. The average molecular weight is 471 g/mol. The van der Waals surface area contributed by atoms with Crippen LogP contribution in [0, 0.1) is 0 Å².